The van der Waals surface area contributed by atoms with Crippen LogP contribution in [0.3, 0.4) is 0 Å². The first-order valence-corrected chi connectivity index (χ1v) is 4.82. The van der Waals surface area contributed by atoms with Gasteiger partial charge in [0.2, 0.25) is 5.91 Å². The highest BCUT2D eigenvalue weighted by molar-refractivity contribution is 7.45. The molecule has 0 saturated heterocycles. The molecule has 0 aromatic rings. The van der Waals surface area contributed by atoms with Crippen LogP contribution < -0.4 is 11.1 Å². The Kier molecular flexibility index (Phi) is 28.6. The average molecular weight is 299 g/mol. The third kappa shape index (κ3) is 129. The highest BCUT2D eigenvalue weighted by atomic mass is 32.1. The molecule has 7 N–H and O–H groups in total. The summed E-state index contributed by atoms with van der Waals surface area (Å²) < 4.78 is 5.33. The topological polar surface area (TPSA) is 191 Å². The fraction of sp³-hybridized carbons (Fsp3) is 0.500. The number of carboxylic acids is 3. The Hall–Kier alpha value is -2.14. The minimum Gasteiger partial charge on any atom is -0.481 e. The predicted octanol–water partition coefficient (Wildman–Crippen LogP) is -1.38. The standard InChI is InChI=1S/C4H7NO3.C2H5NO2.C2H4O2.HNS/c1-3(6)5-2-4(7)8;3-1-2(4)5;1-2(3)4;1-2/h2H2,1H3,(H,5,6)(H,7,8);1,3H2,(H,4,5);1H3,(H,3,4);1H. The van der Waals surface area contributed by atoms with Crippen LogP contribution in [0.2, 0.25) is 0 Å². The van der Waals surface area contributed by atoms with Crippen molar-refractivity contribution < 1.29 is 34.5 Å². The molecule has 1 amide bonds. The maximum Gasteiger partial charge on any atom is 0.322 e. The summed E-state index contributed by atoms with van der Waals surface area (Å²) >= 11 is 3.33. The summed E-state index contributed by atoms with van der Waals surface area (Å²) in [4.78, 5) is 37.9. The quantitative estimate of drug-likeness (QED) is 0.364. The number of nitrogens with two attached hydrogens (primary N) is 1. The zero-order valence-corrected chi connectivity index (χ0v) is 11.2. The zero-order valence-electron chi connectivity index (χ0n) is 10.4. The van der Waals surface area contributed by atoms with Gasteiger partial charge in [0.05, 0.1) is 6.54 Å². The van der Waals surface area contributed by atoms with E-state index >= 15 is 0 Å². The molecular weight excluding hydrogens is 282 g/mol. The lowest BCUT2D eigenvalue weighted by molar-refractivity contribution is -0.137. The second-order valence-corrected chi connectivity index (χ2v) is 2.42. The second kappa shape index (κ2) is 21.2. The molecule has 0 aromatic heterocycles. The van der Waals surface area contributed by atoms with Gasteiger partial charge in [-0.1, -0.05) is 0 Å². The molecule has 0 aliphatic heterocycles. The van der Waals surface area contributed by atoms with Crippen LogP contribution in [-0.2, 0) is 31.6 Å². The van der Waals surface area contributed by atoms with Crippen molar-refractivity contribution in [1.29, 1.82) is 4.78 Å². The lowest BCUT2D eigenvalue weighted by Gasteiger charge is -1.92. The Labute approximate surface area is 114 Å². The molecule has 112 valence electrons. The average Bonchev–Trinajstić information content (AvgIpc) is 2.29. The molecule has 19 heavy (non-hydrogen) atoms. The first kappa shape index (κ1) is 25.6. The van der Waals surface area contributed by atoms with E-state index in [0.717, 1.165) is 6.92 Å². The molecule has 0 unspecified atom stereocenters. The maximum absolute atomic E-state index is 9.97. The summed E-state index contributed by atoms with van der Waals surface area (Å²) in [7, 11) is 0. The minimum absolute atomic E-state index is 0.278. The van der Waals surface area contributed by atoms with Crippen molar-refractivity contribution >= 4 is 36.2 Å². The van der Waals surface area contributed by atoms with Crippen molar-refractivity contribution in [2.75, 3.05) is 13.1 Å². The van der Waals surface area contributed by atoms with Crippen molar-refractivity contribution in [3.05, 3.63) is 0 Å². The molecule has 0 heterocycles. The van der Waals surface area contributed by atoms with E-state index in [4.69, 9.17) is 24.9 Å². The Morgan fingerprint density at radius 2 is 1.32 bits per heavy atom. The Bertz CT molecular complexity index is 268. The van der Waals surface area contributed by atoms with Crippen molar-refractivity contribution in [1.82, 2.24) is 5.32 Å². The number of aliphatic carboxylic acids is 3. The highest BCUT2D eigenvalue weighted by Crippen LogP contribution is 1.60. The van der Waals surface area contributed by atoms with Gasteiger partial charge in [-0.25, -0.2) is 4.78 Å². The normalized spacial score (nSPS) is 6.89. The van der Waals surface area contributed by atoms with Crippen LogP contribution in [0.15, 0.2) is 0 Å². The number of carboxylic acid groups (broad SMARTS) is 3. The lowest BCUT2D eigenvalue weighted by Crippen LogP contribution is -2.26. The molecule has 0 fully saturated rings. The summed E-state index contributed by atoms with van der Waals surface area (Å²) in [6.07, 6.45) is 0. The Morgan fingerprint density at radius 3 is 1.37 bits per heavy atom. The molecule has 10 nitrogen and oxygen atoms in total. The number of carbonyl (C=O) groups excluding carboxylic acids is 1. The molecule has 0 rings (SSSR count). The van der Waals surface area contributed by atoms with Gasteiger partial charge in [0, 0.05) is 26.3 Å². The number of nitrogens with one attached hydrogen (secondary N) is 2. The number of hydrogen-bond donors (Lipinski definition) is 6. The largest absolute Gasteiger partial charge is 0.481 e. The molecule has 0 spiro atoms. The number of carbonyl (C=O) groups is 4. The van der Waals surface area contributed by atoms with E-state index in [0.29, 0.717) is 0 Å². The van der Waals surface area contributed by atoms with Gasteiger partial charge in [0.15, 0.2) is 0 Å². The Balaban J connectivity index is -0.0000000886. The van der Waals surface area contributed by atoms with Crippen molar-refractivity contribution in [3.8, 4) is 0 Å². The molecule has 0 saturated carbocycles. The summed E-state index contributed by atoms with van der Waals surface area (Å²) in [5, 5.41) is 25.1. The fourth-order valence-corrected chi connectivity index (χ4v) is 0.200. The smallest absolute Gasteiger partial charge is 0.322 e. The molecular formula is C8H17N3O7S. The molecule has 11 heteroatoms. The monoisotopic (exact) mass is 299 g/mol. The Morgan fingerprint density at radius 1 is 1.05 bits per heavy atom. The first-order chi connectivity index (χ1) is 8.63. The third-order valence-corrected chi connectivity index (χ3v) is 0.663. The van der Waals surface area contributed by atoms with Crippen molar-refractivity contribution in [2.24, 2.45) is 5.73 Å². The maximum atomic E-state index is 9.97. The molecule has 0 aliphatic rings. The van der Waals surface area contributed by atoms with Gasteiger partial charge in [-0.05, 0) is 0 Å². The van der Waals surface area contributed by atoms with E-state index in [-0.39, 0.29) is 19.0 Å². The number of hydrogen-bond acceptors (Lipinski definition) is 7. The van der Waals surface area contributed by atoms with Crippen LogP contribution in [0.25, 0.3) is 0 Å². The van der Waals surface area contributed by atoms with Gasteiger partial charge < -0.3 is 26.4 Å². The van der Waals surface area contributed by atoms with Gasteiger partial charge >= 0.3 is 11.9 Å². The highest BCUT2D eigenvalue weighted by Gasteiger charge is 1.94. The summed E-state index contributed by atoms with van der Waals surface area (Å²) in [5.74, 6) is -3.15. The van der Waals surface area contributed by atoms with Gasteiger partial charge in [-0.2, -0.15) is 0 Å². The van der Waals surface area contributed by atoms with E-state index in [1.54, 1.807) is 0 Å². The van der Waals surface area contributed by atoms with Crippen LogP contribution in [0.4, 0.5) is 0 Å². The zero-order chi connectivity index (χ0) is 16.4. The summed E-state index contributed by atoms with van der Waals surface area (Å²) in [6.45, 7) is 1.78. The van der Waals surface area contributed by atoms with Crippen LogP contribution in [-0.4, -0.2) is 52.2 Å². The summed E-state index contributed by atoms with van der Waals surface area (Å²) in [6, 6.07) is 0. The van der Waals surface area contributed by atoms with E-state index in [9.17, 15) is 14.4 Å². The predicted molar refractivity (Wildman–Crippen MR) is 66.4 cm³/mol. The van der Waals surface area contributed by atoms with Crippen LogP contribution in [0.5, 0.6) is 0 Å². The van der Waals surface area contributed by atoms with Crippen molar-refractivity contribution in [3.63, 3.8) is 0 Å². The molecule has 0 bridgehead atoms. The third-order valence-electron chi connectivity index (χ3n) is 0.663. The van der Waals surface area contributed by atoms with E-state index in [1.165, 1.54) is 6.92 Å². The van der Waals surface area contributed by atoms with Crippen LogP contribution in [0, 0.1) is 4.78 Å². The van der Waals surface area contributed by atoms with Gasteiger partial charge in [0.1, 0.15) is 6.54 Å². The van der Waals surface area contributed by atoms with Gasteiger partial charge in [-0.15, -0.1) is 0 Å². The van der Waals surface area contributed by atoms with E-state index in [2.05, 4.69) is 23.5 Å². The van der Waals surface area contributed by atoms with Gasteiger partial charge in [-0.3, -0.25) is 19.2 Å². The van der Waals surface area contributed by atoms with E-state index in [1.807, 2.05) is 0 Å². The lowest BCUT2D eigenvalue weighted by atomic mass is 10.6. The SMILES string of the molecule is CC(=O)NCC(=O)O.CC(=O)O.N=S.NCC(=O)O. The molecule has 0 atom stereocenters. The molecule has 0 radical (unpaired) electrons. The van der Waals surface area contributed by atoms with Crippen molar-refractivity contribution in [2.45, 2.75) is 13.8 Å². The molecule has 0 aliphatic carbocycles. The van der Waals surface area contributed by atoms with Crippen LogP contribution >= 0.6 is 0 Å². The second-order valence-electron chi connectivity index (χ2n) is 2.42. The van der Waals surface area contributed by atoms with Crippen LogP contribution in [0.1, 0.15) is 13.8 Å². The minimum atomic E-state index is -1.03. The summed E-state index contributed by atoms with van der Waals surface area (Å²) in [5.41, 5.74) is 4.57. The van der Waals surface area contributed by atoms with Gasteiger partial charge in [0.25, 0.3) is 5.97 Å². The number of rotatable bonds is 3. The fourth-order valence-electron chi connectivity index (χ4n) is 0.200. The first-order valence-electron chi connectivity index (χ1n) is 4.41. The number of amides is 1. The molecule has 0 aromatic carbocycles. The van der Waals surface area contributed by atoms with E-state index < -0.39 is 17.9 Å².